The van der Waals surface area contributed by atoms with Crippen LogP contribution in [0.2, 0.25) is 0 Å². The van der Waals surface area contributed by atoms with E-state index in [-0.39, 0.29) is 11.9 Å². The van der Waals surface area contributed by atoms with E-state index in [1.54, 1.807) is 0 Å². The number of fused-ring (bicyclic) bond motifs is 1. The fraction of sp³-hybridized carbons (Fsp3) is 0.611. The zero-order valence-corrected chi connectivity index (χ0v) is 13.2. The van der Waals surface area contributed by atoms with Gasteiger partial charge in [-0.3, -0.25) is 4.79 Å². The molecule has 2 rings (SSSR count). The maximum Gasteiger partial charge on any atom is 0.220 e. The van der Waals surface area contributed by atoms with Crippen molar-refractivity contribution in [2.45, 2.75) is 64.3 Å². The van der Waals surface area contributed by atoms with Crippen LogP contribution in [0.1, 0.15) is 68.2 Å². The number of aryl methyl sites for hydroxylation is 2. The molecule has 0 saturated heterocycles. The molecule has 1 aromatic carbocycles. The first-order chi connectivity index (χ1) is 10.2. The highest BCUT2D eigenvalue weighted by Crippen LogP contribution is 2.24. The Labute approximate surface area is 128 Å². The van der Waals surface area contributed by atoms with Gasteiger partial charge in [0.05, 0.1) is 6.04 Å². The SMILES string of the molecule is CC(NC(=O)CCCCCN)c1ccc2c(c1)CCCC2. The Morgan fingerprint density at radius 3 is 2.71 bits per heavy atom. The Balaban J connectivity index is 1.85. The standard InChI is InChI=1S/C18H28N2O/c1-14(20-18(21)9-3-2-6-12-19)16-11-10-15-7-4-5-8-17(15)13-16/h10-11,13-14H,2-9,12,19H2,1H3,(H,20,21). The molecule has 1 amide bonds. The van der Waals surface area contributed by atoms with Crippen molar-refractivity contribution in [2.75, 3.05) is 6.54 Å². The minimum atomic E-state index is 0.0965. The molecular formula is C18H28N2O. The van der Waals surface area contributed by atoms with E-state index >= 15 is 0 Å². The van der Waals surface area contributed by atoms with Crippen molar-refractivity contribution in [3.05, 3.63) is 34.9 Å². The van der Waals surface area contributed by atoms with Crippen LogP contribution in [0, 0.1) is 0 Å². The van der Waals surface area contributed by atoms with Crippen molar-refractivity contribution >= 4 is 5.91 Å². The molecule has 21 heavy (non-hydrogen) atoms. The summed E-state index contributed by atoms with van der Waals surface area (Å²) in [7, 11) is 0. The molecule has 0 aliphatic heterocycles. The van der Waals surface area contributed by atoms with E-state index in [0.29, 0.717) is 13.0 Å². The molecule has 0 heterocycles. The number of rotatable bonds is 7. The van der Waals surface area contributed by atoms with Gasteiger partial charge >= 0.3 is 0 Å². The van der Waals surface area contributed by atoms with Crippen LogP contribution in [0.4, 0.5) is 0 Å². The molecule has 0 saturated carbocycles. The predicted molar refractivity (Wildman–Crippen MR) is 87.2 cm³/mol. The number of hydrogen-bond acceptors (Lipinski definition) is 2. The molecule has 116 valence electrons. The van der Waals surface area contributed by atoms with Crippen molar-refractivity contribution in [3.63, 3.8) is 0 Å². The average Bonchev–Trinajstić information content (AvgIpc) is 2.51. The molecule has 3 heteroatoms. The first kappa shape index (κ1) is 16.0. The second kappa shape index (κ2) is 8.18. The summed E-state index contributed by atoms with van der Waals surface area (Å²) in [5, 5.41) is 3.11. The molecule has 1 unspecified atom stereocenters. The van der Waals surface area contributed by atoms with E-state index in [4.69, 9.17) is 5.73 Å². The number of amides is 1. The molecule has 1 aliphatic carbocycles. The summed E-state index contributed by atoms with van der Waals surface area (Å²) in [4.78, 5) is 11.9. The van der Waals surface area contributed by atoms with Crippen LogP contribution in [0.25, 0.3) is 0 Å². The van der Waals surface area contributed by atoms with Gasteiger partial charge in [-0.15, -0.1) is 0 Å². The summed E-state index contributed by atoms with van der Waals surface area (Å²) in [6.45, 7) is 2.79. The smallest absolute Gasteiger partial charge is 0.220 e. The normalized spacial score (nSPS) is 15.3. The number of carbonyl (C=O) groups is 1. The third-order valence-corrected chi connectivity index (χ3v) is 4.36. The highest BCUT2D eigenvalue weighted by atomic mass is 16.1. The third-order valence-electron chi connectivity index (χ3n) is 4.36. The largest absolute Gasteiger partial charge is 0.350 e. The minimum Gasteiger partial charge on any atom is -0.350 e. The molecule has 1 aliphatic rings. The Hall–Kier alpha value is -1.35. The molecule has 3 nitrogen and oxygen atoms in total. The molecule has 1 aromatic rings. The van der Waals surface area contributed by atoms with Gasteiger partial charge in [0.1, 0.15) is 0 Å². The van der Waals surface area contributed by atoms with Crippen LogP contribution in [0.3, 0.4) is 0 Å². The summed E-state index contributed by atoms with van der Waals surface area (Å²) in [6, 6.07) is 6.80. The van der Waals surface area contributed by atoms with Gasteiger partial charge < -0.3 is 11.1 Å². The lowest BCUT2D eigenvalue weighted by atomic mass is 9.89. The van der Waals surface area contributed by atoms with Gasteiger partial charge in [0.2, 0.25) is 5.91 Å². The number of hydrogen-bond donors (Lipinski definition) is 2. The fourth-order valence-corrected chi connectivity index (χ4v) is 3.03. The number of benzene rings is 1. The van der Waals surface area contributed by atoms with Gasteiger partial charge in [-0.1, -0.05) is 24.6 Å². The quantitative estimate of drug-likeness (QED) is 0.757. The van der Waals surface area contributed by atoms with E-state index < -0.39 is 0 Å². The van der Waals surface area contributed by atoms with Gasteiger partial charge in [0.15, 0.2) is 0 Å². The lowest BCUT2D eigenvalue weighted by Crippen LogP contribution is -2.26. The first-order valence-electron chi connectivity index (χ1n) is 8.32. The van der Waals surface area contributed by atoms with Crippen molar-refractivity contribution < 1.29 is 4.79 Å². The Bertz CT molecular complexity index is 470. The van der Waals surface area contributed by atoms with Crippen LogP contribution in [-0.2, 0) is 17.6 Å². The molecule has 0 radical (unpaired) electrons. The summed E-state index contributed by atoms with van der Waals surface area (Å²) < 4.78 is 0. The van der Waals surface area contributed by atoms with Crippen LogP contribution in [-0.4, -0.2) is 12.5 Å². The van der Waals surface area contributed by atoms with Crippen molar-refractivity contribution in [1.29, 1.82) is 0 Å². The average molecular weight is 288 g/mol. The van der Waals surface area contributed by atoms with Crippen molar-refractivity contribution in [1.82, 2.24) is 5.32 Å². The van der Waals surface area contributed by atoms with E-state index in [2.05, 4.69) is 30.4 Å². The number of nitrogens with one attached hydrogen (secondary N) is 1. The zero-order valence-electron chi connectivity index (χ0n) is 13.2. The predicted octanol–water partition coefficient (Wildman–Crippen LogP) is 3.26. The second-order valence-corrected chi connectivity index (χ2v) is 6.12. The minimum absolute atomic E-state index is 0.0965. The number of nitrogens with two attached hydrogens (primary N) is 1. The molecule has 1 atom stereocenters. The number of carbonyl (C=O) groups excluding carboxylic acids is 1. The molecule has 0 fully saturated rings. The van der Waals surface area contributed by atoms with Crippen LogP contribution in [0.15, 0.2) is 18.2 Å². The summed E-state index contributed by atoms with van der Waals surface area (Å²) >= 11 is 0. The van der Waals surface area contributed by atoms with Crippen molar-refractivity contribution in [2.24, 2.45) is 5.73 Å². The van der Waals surface area contributed by atoms with Crippen LogP contribution < -0.4 is 11.1 Å². The van der Waals surface area contributed by atoms with Crippen LogP contribution >= 0.6 is 0 Å². The third kappa shape index (κ3) is 4.85. The Morgan fingerprint density at radius 1 is 1.19 bits per heavy atom. The van der Waals surface area contributed by atoms with E-state index in [1.165, 1.54) is 42.4 Å². The maximum absolute atomic E-state index is 11.9. The maximum atomic E-state index is 11.9. The Morgan fingerprint density at radius 2 is 1.95 bits per heavy atom. The fourth-order valence-electron chi connectivity index (χ4n) is 3.03. The lowest BCUT2D eigenvalue weighted by molar-refractivity contribution is -0.121. The molecule has 0 spiro atoms. The second-order valence-electron chi connectivity index (χ2n) is 6.12. The number of unbranched alkanes of at least 4 members (excludes halogenated alkanes) is 2. The summed E-state index contributed by atoms with van der Waals surface area (Å²) in [5.41, 5.74) is 9.65. The van der Waals surface area contributed by atoms with E-state index in [1.807, 2.05) is 0 Å². The molecule has 0 bridgehead atoms. The lowest BCUT2D eigenvalue weighted by Gasteiger charge is -2.20. The summed E-state index contributed by atoms with van der Waals surface area (Å²) in [5.74, 6) is 0.150. The van der Waals surface area contributed by atoms with Gasteiger partial charge in [-0.2, -0.15) is 0 Å². The first-order valence-corrected chi connectivity index (χ1v) is 8.32. The van der Waals surface area contributed by atoms with Gasteiger partial charge in [-0.05, 0) is 68.7 Å². The molecule has 0 aromatic heterocycles. The zero-order chi connectivity index (χ0) is 15.1. The Kier molecular flexibility index (Phi) is 6.24. The molecular weight excluding hydrogens is 260 g/mol. The van der Waals surface area contributed by atoms with Gasteiger partial charge in [-0.25, -0.2) is 0 Å². The van der Waals surface area contributed by atoms with Crippen molar-refractivity contribution in [3.8, 4) is 0 Å². The topological polar surface area (TPSA) is 55.1 Å². The summed E-state index contributed by atoms with van der Waals surface area (Å²) in [6.07, 6.45) is 8.57. The van der Waals surface area contributed by atoms with Gasteiger partial charge in [0, 0.05) is 6.42 Å². The molecule has 3 N–H and O–H groups in total. The highest BCUT2D eigenvalue weighted by Gasteiger charge is 2.13. The van der Waals surface area contributed by atoms with E-state index in [0.717, 1.165) is 19.3 Å². The monoisotopic (exact) mass is 288 g/mol. The van der Waals surface area contributed by atoms with E-state index in [9.17, 15) is 4.79 Å². The highest BCUT2D eigenvalue weighted by molar-refractivity contribution is 5.76. The van der Waals surface area contributed by atoms with Crippen LogP contribution in [0.5, 0.6) is 0 Å². The van der Waals surface area contributed by atoms with Gasteiger partial charge in [0.25, 0.3) is 0 Å².